The van der Waals surface area contributed by atoms with Crippen LogP contribution < -0.4 is 9.47 Å². The van der Waals surface area contributed by atoms with E-state index in [1.165, 1.54) is 0 Å². The van der Waals surface area contributed by atoms with E-state index in [2.05, 4.69) is 6.07 Å². The molecule has 0 atom stereocenters. The number of hydrogen-bond donors (Lipinski definition) is 0. The topological polar surface area (TPSA) is 68.3 Å². The fraction of sp³-hybridized carbons (Fsp3) is 0.0833. The molecule has 1 heterocycles. The van der Waals surface area contributed by atoms with Crippen molar-refractivity contribution >= 4 is 0 Å². The van der Waals surface area contributed by atoms with E-state index in [0.29, 0.717) is 17.2 Å². The van der Waals surface area contributed by atoms with Crippen LogP contribution in [0.15, 0.2) is 77.2 Å². The Morgan fingerprint density at radius 3 is 1.76 bits per heavy atom. The number of ether oxygens (including phenoxy) is 2. The standard InChI is InChI=1S/C24H18N2O3/c1-27-20-11-7-17(8-12-20)22-23(18-9-13-21(28-2)14-10-18)29-24(26-22)19-5-3-16(15-25)4-6-19/h3-14H,1-2H3. The molecule has 4 aromatic rings. The second-order valence-corrected chi connectivity index (χ2v) is 6.34. The second kappa shape index (κ2) is 7.91. The third-order valence-electron chi connectivity index (χ3n) is 4.60. The lowest BCUT2D eigenvalue weighted by Gasteiger charge is -2.04. The molecule has 0 aliphatic rings. The lowest BCUT2D eigenvalue weighted by atomic mass is 10.1. The van der Waals surface area contributed by atoms with Crippen molar-refractivity contribution in [3.8, 4) is 51.6 Å². The van der Waals surface area contributed by atoms with E-state index < -0.39 is 0 Å². The Balaban J connectivity index is 1.83. The summed E-state index contributed by atoms with van der Waals surface area (Å²) in [6, 6.07) is 24.6. The first-order chi connectivity index (χ1) is 14.2. The Morgan fingerprint density at radius 2 is 1.24 bits per heavy atom. The average molecular weight is 382 g/mol. The summed E-state index contributed by atoms with van der Waals surface area (Å²) in [6.07, 6.45) is 0. The number of nitrogens with zero attached hydrogens (tertiary/aromatic N) is 2. The van der Waals surface area contributed by atoms with Crippen molar-refractivity contribution in [3.05, 3.63) is 78.4 Å². The maximum atomic E-state index is 9.02. The smallest absolute Gasteiger partial charge is 0.227 e. The maximum absolute atomic E-state index is 9.02. The largest absolute Gasteiger partial charge is 0.497 e. The van der Waals surface area contributed by atoms with E-state index >= 15 is 0 Å². The molecular formula is C24H18N2O3. The molecule has 0 saturated heterocycles. The highest BCUT2D eigenvalue weighted by molar-refractivity contribution is 5.79. The van der Waals surface area contributed by atoms with Gasteiger partial charge in [0.2, 0.25) is 5.89 Å². The van der Waals surface area contributed by atoms with Crippen LogP contribution in [0.1, 0.15) is 5.56 Å². The van der Waals surface area contributed by atoms with Crippen molar-refractivity contribution in [2.45, 2.75) is 0 Å². The Hall–Kier alpha value is -4.04. The molecule has 5 nitrogen and oxygen atoms in total. The highest BCUT2D eigenvalue weighted by Gasteiger charge is 2.18. The zero-order chi connectivity index (χ0) is 20.2. The first kappa shape index (κ1) is 18.3. The number of benzene rings is 3. The van der Waals surface area contributed by atoms with Gasteiger partial charge in [-0.1, -0.05) is 0 Å². The minimum Gasteiger partial charge on any atom is -0.497 e. The number of rotatable bonds is 5. The Morgan fingerprint density at radius 1 is 0.724 bits per heavy atom. The quantitative estimate of drug-likeness (QED) is 0.452. The van der Waals surface area contributed by atoms with E-state index in [1.807, 2.05) is 60.7 Å². The summed E-state index contributed by atoms with van der Waals surface area (Å²) in [5, 5.41) is 9.02. The van der Waals surface area contributed by atoms with Gasteiger partial charge in [0.25, 0.3) is 0 Å². The van der Waals surface area contributed by atoms with Crippen molar-refractivity contribution in [2.75, 3.05) is 14.2 Å². The lowest BCUT2D eigenvalue weighted by Crippen LogP contribution is -1.86. The molecule has 1 aromatic heterocycles. The SMILES string of the molecule is COc1ccc(-c2nc(-c3ccc(C#N)cc3)oc2-c2ccc(OC)cc2)cc1. The maximum Gasteiger partial charge on any atom is 0.227 e. The van der Waals surface area contributed by atoms with Gasteiger partial charge in [-0.25, -0.2) is 4.98 Å². The number of hydrogen-bond acceptors (Lipinski definition) is 5. The van der Waals surface area contributed by atoms with Crippen LogP contribution in [0.3, 0.4) is 0 Å². The van der Waals surface area contributed by atoms with E-state index in [-0.39, 0.29) is 0 Å². The first-order valence-corrected chi connectivity index (χ1v) is 9.02. The van der Waals surface area contributed by atoms with Crippen LogP contribution in [0.2, 0.25) is 0 Å². The molecule has 0 spiro atoms. The predicted molar refractivity (Wildman–Crippen MR) is 111 cm³/mol. The molecule has 142 valence electrons. The molecule has 0 N–H and O–H groups in total. The molecule has 0 saturated carbocycles. The molecule has 0 aliphatic carbocycles. The third-order valence-corrected chi connectivity index (χ3v) is 4.60. The van der Waals surface area contributed by atoms with Gasteiger partial charge in [0.1, 0.15) is 17.2 Å². The van der Waals surface area contributed by atoms with Gasteiger partial charge in [-0.3, -0.25) is 0 Å². The van der Waals surface area contributed by atoms with Crippen LogP contribution in [0.5, 0.6) is 11.5 Å². The summed E-state index contributed by atoms with van der Waals surface area (Å²) < 4.78 is 16.7. The molecule has 29 heavy (non-hydrogen) atoms. The normalized spacial score (nSPS) is 10.4. The molecule has 3 aromatic carbocycles. The minimum absolute atomic E-state index is 0.492. The third kappa shape index (κ3) is 3.69. The monoisotopic (exact) mass is 382 g/mol. The molecule has 4 rings (SSSR count). The zero-order valence-corrected chi connectivity index (χ0v) is 16.0. The van der Waals surface area contributed by atoms with Gasteiger partial charge >= 0.3 is 0 Å². The van der Waals surface area contributed by atoms with Crippen LogP contribution in [0.4, 0.5) is 0 Å². The Kier molecular flexibility index (Phi) is 5.00. The Bertz CT molecular complexity index is 1090. The predicted octanol–water partition coefficient (Wildman–Crippen LogP) is 5.56. The molecule has 0 aliphatic heterocycles. The van der Waals surface area contributed by atoms with Crippen LogP contribution in [-0.4, -0.2) is 19.2 Å². The van der Waals surface area contributed by atoms with Crippen LogP contribution in [0, 0.1) is 11.3 Å². The number of methoxy groups -OCH3 is 2. The summed E-state index contributed by atoms with van der Waals surface area (Å²) in [6.45, 7) is 0. The van der Waals surface area contributed by atoms with Gasteiger partial charge in [-0.05, 0) is 72.8 Å². The molecule has 0 unspecified atom stereocenters. The van der Waals surface area contributed by atoms with Gasteiger partial charge in [-0.15, -0.1) is 0 Å². The molecule has 5 heteroatoms. The summed E-state index contributed by atoms with van der Waals surface area (Å²) in [7, 11) is 3.27. The van der Waals surface area contributed by atoms with Gasteiger partial charge in [0.15, 0.2) is 5.76 Å². The van der Waals surface area contributed by atoms with Gasteiger partial charge < -0.3 is 13.9 Å². The molecule has 0 bridgehead atoms. The number of oxazole rings is 1. The summed E-state index contributed by atoms with van der Waals surface area (Å²) >= 11 is 0. The van der Waals surface area contributed by atoms with Gasteiger partial charge in [0, 0.05) is 16.7 Å². The summed E-state index contributed by atoms with van der Waals surface area (Å²) in [5.74, 6) is 2.70. The summed E-state index contributed by atoms with van der Waals surface area (Å²) in [4.78, 5) is 4.76. The average Bonchev–Trinajstić information content (AvgIpc) is 3.24. The van der Waals surface area contributed by atoms with Gasteiger partial charge in [-0.2, -0.15) is 5.26 Å². The number of nitriles is 1. The van der Waals surface area contributed by atoms with E-state index in [4.69, 9.17) is 24.1 Å². The number of aromatic nitrogens is 1. The summed E-state index contributed by atoms with van der Waals surface area (Å²) in [5.41, 5.74) is 3.94. The molecule has 0 fully saturated rings. The minimum atomic E-state index is 0.492. The van der Waals surface area contributed by atoms with Crippen molar-refractivity contribution in [1.82, 2.24) is 4.98 Å². The lowest BCUT2D eigenvalue weighted by molar-refractivity contribution is 0.414. The van der Waals surface area contributed by atoms with Crippen molar-refractivity contribution in [3.63, 3.8) is 0 Å². The van der Waals surface area contributed by atoms with Gasteiger partial charge in [0.05, 0.1) is 25.9 Å². The zero-order valence-electron chi connectivity index (χ0n) is 16.0. The van der Waals surface area contributed by atoms with Crippen LogP contribution in [0.25, 0.3) is 34.0 Å². The van der Waals surface area contributed by atoms with Crippen LogP contribution in [-0.2, 0) is 0 Å². The van der Waals surface area contributed by atoms with Crippen molar-refractivity contribution in [1.29, 1.82) is 5.26 Å². The highest BCUT2D eigenvalue weighted by Crippen LogP contribution is 2.37. The fourth-order valence-corrected chi connectivity index (χ4v) is 3.01. The molecule has 0 radical (unpaired) electrons. The molecular weight excluding hydrogens is 364 g/mol. The second-order valence-electron chi connectivity index (χ2n) is 6.34. The fourth-order valence-electron chi connectivity index (χ4n) is 3.01. The Labute approximate surface area is 168 Å². The first-order valence-electron chi connectivity index (χ1n) is 9.02. The highest BCUT2D eigenvalue weighted by atomic mass is 16.5. The van der Waals surface area contributed by atoms with E-state index in [0.717, 1.165) is 33.9 Å². The van der Waals surface area contributed by atoms with E-state index in [1.54, 1.807) is 26.4 Å². The van der Waals surface area contributed by atoms with Crippen molar-refractivity contribution < 1.29 is 13.9 Å². The van der Waals surface area contributed by atoms with Crippen molar-refractivity contribution in [2.24, 2.45) is 0 Å². The van der Waals surface area contributed by atoms with Crippen LogP contribution >= 0.6 is 0 Å². The molecule has 0 amide bonds. The van der Waals surface area contributed by atoms with E-state index in [9.17, 15) is 0 Å².